The Hall–Kier alpha value is -1.55. The van der Waals surface area contributed by atoms with Crippen LogP contribution in [0.25, 0.3) is 0 Å². The van der Waals surface area contributed by atoms with Crippen molar-refractivity contribution in [3.05, 3.63) is 40.4 Å². The summed E-state index contributed by atoms with van der Waals surface area (Å²) in [5.74, 6) is 0.971. The summed E-state index contributed by atoms with van der Waals surface area (Å²) in [6, 6.07) is 6.38. The first-order valence-electron chi connectivity index (χ1n) is 6.08. The largest absolute Gasteiger partial charge is 0.496 e. The third-order valence-electron chi connectivity index (χ3n) is 2.97. The zero-order valence-electron chi connectivity index (χ0n) is 10.8. The first-order valence-corrected chi connectivity index (χ1v) is 6.96. The average molecular weight is 262 g/mol. The van der Waals surface area contributed by atoms with E-state index >= 15 is 0 Å². The molecule has 0 radical (unpaired) electrons. The molecule has 0 bridgehead atoms. The van der Waals surface area contributed by atoms with Crippen LogP contribution in [0.5, 0.6) is 5.75 Å². The van der Waals surface area contributed by atoms with Crippen molar-refractivity contribution >= 4 is 16.5 Å². The Morgan fingerprint density at radius 3 is 2.78 bits per heavy atom. The normalized spacial score (nSPS) is 10.6. The number of aromatic nitrogens is 1. The van der Waals surface area contributed by atoms with Gasteiger partial charge in [-0.05, 0) is 36.5 Å². The van der Waals surface area contributed by atoms with Gasteiger partial charge in [0.05, 0.1) is 12.8 Å². The lowest BCUT2D eigenvalue weighted by Crippen LogP contribution is -1.96. The third-order valence-corrected chi connectivity index (χ3v) is 3.69. The molecular weight excluding hydrogens is 244 g/mol. The van der Waals surface area contributed by atoms with Crippen LogP contribution in [0.3, 0.4) is 0 Å². The van der Waals surface area contributed by atoms with Crippen LogP contribution in [0.4, 0.5) is 5.13 Å². The number of thiazole rings is 1. The van der Waals surface area contributed by atoms with E-state index in [1.54, 1.807) is 7.11 Å². The van der Waals surface area contributed by atoms with Crippen molar-refractivity contribution in [3.63, 3.8) is 0 Å². The Morgan fingerprint density at radius 2 is 2.17 bits per heavy atom. The summed E-state index contributed by atoms with van der Waals surface area (Å²) in [4.78, 5) is 4.27. The van der Waals surface area contributed by atoms with Gasteiger partial charge < -0.3 is 10.5 Å². The lowest BCUT2D eigenvalue weighted by Gasteiger charge is -2.08. The zero-order chi connectivity index (χ0) is 13.0. The smallest absolute Gasteiger partial charge is 0.180 e. The fourth-order valence-electron chi connectivity index (χ4n) is 1.97. The van der Waals surface area contributed by atoms with Crippen LogP contribution in [0, 0.1) is 0 Å². The molecule has 96 valence electrons. The van der Waals surface area contributed by atoms with Crippen LogP contribution in [0.1, 0.15) is 23.7 Å². The summed E-state index contributed by atoms with van der Waals surface area (Å²) in [5, 5.41) is 2.67. The van der Waals surface area contributed by atoms with E-state index in [1.807, 2.05) is 11.4 Å². The van der Waals surface area contributed by atoms with Crippen molar-refractivity contribution < 1.29 is 4.74 Å². The number of hydrogen-bond acceptors (Lipinski definition) is 4. The molecule has 3 nitrogen and oxygen atoms in total. The van der Waals surface area contributed by atoms with E-state index in [1.165, 1.54) is 22.5 Å². The summed E-state index contributed by atoms with van der Waals surface area (Å²) in [5.41, 5.74) is 9.27. The molecule has 1 aromatic carbocycles. The maximum atomic E-state index is 5.62. The third kappa shape index (κ3) is 3.01. The summed E-state index contributed by atoms with van der Waals surface area (Å²) in [6.45, 7) is 2.14. The second-order valence-corrected chi connectivity index (χ2v) is 5.07. The molecule has 1 heterocycles. The van der Waals surface area contributed by atoms with Crippen molar-refractivity contribution in [2.75, 3.05) is 12.8 Å². The maximum absolute atomic E-state index is 5.62. The van der Waals surface area contributed by atoms with Gasteiger partial charge in [0.2, 0.25) is 0 Å². The Balaban J connectivity index is 2.05. The van der Waals surface area contributed by atoms with Crippen molar-refractivity contribution in [1.82, 2.24) is 4.98 Å². The van der Waals surface area contributed by atoms with Crippen LogP contribution >= 0.6 is 11.3 Å². The van der Waals surface area contributed by atoms with Gasteiger partial charge in [0.25, 0.3) is 0 Å². The van der Waals surface area contributed by atoms with E-state index in [9.17, 15) is 0 Å². The van der Waals surface area contributed by atoms with Gasteiger partial charge in [0.1, 0.15) is 5.75 Å². The minimum absolute atomic E-state index is 0.647. The maximum Gasteiger partial charge on any atom is 0.180 e. The summed E-state index contributed by atoms with van der Waals surface area (Å²) in [6.07, 6.45) is 2.91. The van der Waals surface area contributed by atoms with Crippen molar-refractivity contribution in [1.29, 1.82) is 0 Å². The van der Waals surface area contributed by atoms with Gasteiger partial charge in [-0.15, -0.1) is 11.3 Å². The first-order chi connectivity index (χ1) is 8.72. The van der Waals surface area contributed by atoms with E-state index in [0.717, 1.165) is 30.7 Å². The van der Waals surface area contributed by atoms with E-state index in [2.05, 4.69) is 24.0 Å². The molecule has 1 aromatic heterocycles. The molecule has 0 fully saturated rings. The molecule has 0 aliphatic rings. The number of ether oxygens (including phenoxy) is 1. The first kappa shape index (κ1) is 12.9. The standard InChI is InChI=1S/C14H18N2OS/c1-3-11-8-10(5-7-13(11)17-2)4-6-12-9-18-14(15)16-12/h5,7-9H,3-4,6H2,1-2H3,(H2,15,16). The molecular formula is C14H18N2OS. The lowest BCUT2D eigenvalue weighted by atomic mass is 10.0. The van der Waals surface area contributed by atoms with Crippen LogP contribution < -0.4 is 10.5 Å². The molecule has 2 aromatic rings. The van der Waals surface area contributed by atoms with E-state index in [4.69, 9.17) is 10.5 Å². The van der Waals surface area contributed by atoms with Crippen LogP contribution in [0.2, 0.25) is 0 Å². The second kappa shape index (κ2) is 5.87. The number of aryl methyl sites for hydroxylation is 3. The van der Waals surface area contributed by atoms with Gasteiger partial charge in [0.15, 0.2) is 5.13 Å². The predicted octanol–water partition coefficient (Wildman–Crippen LogP) is 3.08. The highest BCUT2D eigenvalue weighted by atomic mass is 32.1. The number of anilines is 1. The van der Waals surface area contributed by atoms with Crippen LogP contribution in [0.15, 0.2) is 23.6 Å². The molecule has 0 unspecified atom stereocenters. The number of hydrogen-bond donors (Lipinski definition) is 1. The van der Waals surface area contributed by atoms with Gasteiger partial charge in [-0.2, -0.15) is 0 Å². The Labute approximate surface area is 112 Å². The average Bonchev–Trinajstić information content (AvgIpc) is 2.81. The van der Waals surface area contributed by atoms with Gasteiger partial charge in [-0.25, -0.2) is 4.98 Å². The molecule has 2 N–H and O–H groups in total. The second-order valence-electron chi connectivity index (χ2n) is 4.18. The molecule has 0 spiro atoms. The van der Waals surface area contributed by atoms with Crippen LogP contribution in [-0.2, 0) is 19.3 Å². The van der Waals surface area contributed by atoms with Crippen molar-refractivity contribution in [3.8, 4) is 5.75 Å². The van der Waals surface area contributed by atoms with Crippen molar-refractivity contribution in [2.45, 2.75) is 26.2 Å². The number of benzene rings is 1. The molecule has 18 heavy (non-hydrogen) atoms. The SMILES string of the molecule is CCc1cc(CCc2csc(N)n2)ccc1OC. The molecule has 4 heteroatoms. The highest BCUT2D eigenvalue weighted by Gasteiger charge is 2.04. The number of nitrogens with zero attached hydrogens (tertiary/aromatic N) is 1. The topological polar surface area (TPSA) is 48.1 Å². The molecule has 0 amide bonds. The molecule has 0 aliphatic heterocycles. The molecule has 0 aliphatic carbocycles. The van der Waals surface area contributed by atoms with Crippen molar-refractivity contribution in [2.24, 2.45) is 0 Å². The van der Waals surface area contributed by atoms with Gasteiger partial charge in [-0.3, -0.25) is 0 Å². The quantitative estimate of drug-likeness (QED) is 0.900. The van der Waals surface area contributed by atoms with Crippen LogP contribution in [-0.4, -0.2) is 12.1 Å². The fraction of sp³-hybridized carbons (Fsp3) is 0.357. The van der Waals surface area contributed by atoms with E-state index in [0.29, 0.717) is 5.13 Å². The monoisotopic (exact) mass is 262 g/mol. The minimum Gasteiger partial charge on any atom is -0.496 e. The van der Waals surface area contributed by atoms with E-state index in [-0.39, 0.29) is 0 Å². The highest BCUT2D eigenvalue weighted by Crippen LogP contribution is 2.21. The van der Waals surface area contributed by atoms with Gasteiger partial charge >= 0.3 is 0 Å². The number of nitrogen functional groups attached to an aromatic ring is 1. The zero-order valence-corrected chi connectivity index (χ0v) is 11.6. The molecule has 0 saturated carbocycles. The number of nitrogens with two attached hydrogens (primary N) is 1. The molecule has 0 atom stereocenters. The Morgan fingerprint density at radius 1 is 1.33 bits per heavy atom. The highest BCUT2D eigenvalue weighted by molar-refractivity contribution is 7.13. The van der Waals surface area contributed by atoms with E-state index < -0.39 is 0 Å². The fourth-order valence-corrected chi connectivity index (χ4v) is 2.57. The van der Waals surface area contributed by atoms with Gasteiger partial charge in [0, 0.05) is 5.38 Å². The summed E-state index contributed by atoms with van der Waals surface area (Å²) >= 11 is 1.50. The summed E-state index contributed by atoms with van der Waals surface area (Å²) < 4.78 is 5.33. The number of rotatable bonds is 5. The Kier molecular flexibility index (Phi) is 4.20. The summed E-state index contributed by atoms with van der Waals surface area (Å²) in [7, 11) is 1.71. The Bertz CT molecular complexity index is 522. The van der Waals surface area contributed by atoms with Gasteiger partial charge in [-0.1, -0.05) is 19.1 Å². The molecule has 0 saturated heterocycles. The number of methoxy groups -OCH3 is 1. The molecule has 2 rings (SSSR count). The predicted molar refractivity (Wildman–Crippen MR) is 76.3 cm³/mol. The lowest BCUT2D eigenvalue weighted by molar-refractivity contribution is 0.410. The minimum atomic E-state index is 0.647.